The number of methoxy groups -OCH3 is 1. The maximum Gasteiger partial charge on any atom is 0.409 e. The summed E-state index contributed by atoms with van der Waals surface area (Å²) in [5.41, 5.74) is 6.40. The SMILES string of the molecule is COC(=O)N1CCCC(C#Cc2c(N)ncc(Cl)c2Br)C1. The lowest BCUT2D eigenvalue weighted by Gasteiger charge is -2.28. The average molecular weight is 373 g/mol. The van der Waals surface area contributed by atoms with Crippen LogP contribution in [0.3, 0.4) is 0 Å². The number of nitrogen functional groups attached to an aromatic ring is 1. The van der Waals surface area contributed by atoms with E-state index < -0.39 is 0 Å². The molecule has 1 aliphatic heterocycles. The lowest BCUT2D eigenvalue weighted by atomic mass is 9.98. The van der Waals surface area contributed by atoms with Gasteiger partial charge in [0.05, 0.1) is 22.2 Å². The van der Waals surface area contributed by atoms with Crippen molar-refractivity contribution in [2.45, 2.75) is 12.8 Å². The Hall–Kier alpha value is -1.45. The standard InChI is InChI=1S/C14H15BrClN3O2/c1-21-14(20)19-6-2-3-9(8-19)4-5-10-12(15)11(16)7-18-13(10)17/h7,9H,2-3,6,8H2,1H3,(H2,17,18). The molecule has 1 amide bonds. The summed E-state index contributed by atoms with van der Waals surface area (Å²) >= 11 is 9.35. The fraction of sp³-hybridized carbons (Fsp3) is 0.429. The zero-order chi connectivity index (χ0) is 15.4. The number of nitrogens with zero attached hydrogens (tertiary/aromatic N) is 2. The number of hydrogen-bond acceptors (Lipinski definition) is 4. The molecule has 0 radical (unpaired) electrons. The number of likely N-dealkylation sites (tertiary alicyclic amines) is 1. The first-order chi connectivity index (χ1) is 10.0. The molecule has 0 spiro atoms. The smallest absolute Gasteiger partial charge is 0.409 e. The van der Waals surface area contributed by atoms with Gasteiger partial charge < -0.3 is 15.4 Å². The van der Waals surface area contributed by atoms with E-state index in [1.54, 1.807) is 4.90 Å². The molecule has 0 aromatic carbocycles. The second kappa shape index (κ2) is 7.01. The van der Waals surface area contributed by atoms with Crippen LogP contribution in [0.1, 0.15) is 18.4 Å². The number of anilines is 1. The molecule has 0 bridgehead atoms. The zero-order valence-corrected chi connectivity index (χ0v) is 13.9. The first kappa shape index (κ1) is 15.9. The number of carbonyl (C=O) groups is 1. The van der Waals surface area contributed by atoms with Crippen LogP contribution in [0, 0.1) is 17.8 Å². The van der Waals surface area contributed by atoms with Crippen LogP contribution in [0.2, 0.25) is 5.02 Å². The number of halogens is 2. The van der Waals surface area contributed by atoms with E-state index in [4.69, 9.17) is 22.1 Å². The van der Waals surface area contributed by atoms with Gasteiger partial charge in [-0.25, -0.2) is 9.78 Å². The molecule has 112 valence electrons. The lowest BCUT2D eigenvalue weighted by Crippen LogP contribution is -2.39. The van der Waals surface area contributed by atoms with Crippen molar-refractivity contribution in [1.82, 2.24) is 9.88 Å². The summed E-state index contributed by atoms with van der Waals surface area (Å²) in [5.74, 6) is 6.59. The molecule has 5 nitrogen and oxygen atoms in total. The summed E-state index contributed by atoms with van der Waals surface area (Å²) in [6.45, 7) is 1.26. The average Bonchev–Trinajstić information content (AvgIpc) is 2.50. The summed E-state index contributed by atoms with van der Waals surface area (Å²) in [7, 11) is 1.38. The van der Waals surface area contributed by atoms with Crippen molar-refractivity contribution >= 4 is 39.4 Å². The Morgan fingerprint density at radius 1 is 1.67 bits per heavy atom. The molecule has 2 heterocycles. The molecule has 7 heteroatoms. The number of amides is 1. The highest BCUT2D eigenvalue weighted by Crippen LogP contribution is 2.28. The highest BCUT2D eigenvalue weighted by Gasteiger charge is 2.22. The second-order valence-electron chi connectivity index (χ2n) is 4.70. The largest absolute Gasteiger partial charge is 0.453 e. The number of carbonyl (C=O) groups excluding carboxylic acids is 1. The van der Waals surface area contributed by atoms with Crippen LogP contribution in [-0.4, -0.2) is 36.2 Å². The highest BCUT2D eigenvalue weighted by molar-refractivity contribution is 9.10. The number of aromatic nitrogens is 1. The molecule has 21 heavy (non-hydrogen) atoms. The monoisotopic (exact) mass is 371 g/mol. The van der Waals surface area contributed by atoms with Crippen molar-refractivity contribution in [1.29, 1.82) is 0 Å². The van der Waals surface area contributed by atoms with Crippen molar-refractivity contribution in [3.05, 3.63) is 21.3 Å². The Bertz CT molecular complexity index is 612. The van der Waals surface area contributed by atoms with Crippen LogP contribution in [0.15, 0.2) is 10.7 Å². The summed E-state index contributed by atoms with van der Waals surface area (Å²) < 4.78 is 5.38. The van der Waals surface area contributed by atoms with Crippen molar-refractivity contribution in [3.63, 3.8) is 0 Å². The van der Waals surface area contributed by atoms with Gasteiger partial charge in [0.15, 0.2) is 0 Å². The zero-order valence-electron chi connectivity index (χ0n) is 11.5. The van der Waals surface area contributed by atoms with Gasteiger partial charge in [0.2, 0.25) is 0 Å². The predicted molar refractivity (Wildman–Crippen MR) is 84.9 cm³/mol. The van der Waals surface area contributed by atoms with Crippen molar-refractivity contribution < 1.29 is 9.53 Å². The number of hydrogen-bond donors (Lipinski definition) is 1. The highest BCUT2D eigenvalue weighted by atomic mass is 79.9. The Balaban J connectivity index is 2.16. The fourth-order valence-corrected chi connectivity index (χ4v) is 2.71. The van der Waals surface area contributed by atoms with Crippen LogP contribution in [0.5, 0.6) is 0 Å². The summed E-state index contributed by atoms with van der Waals surface area (Å²) in [6, 6.07) is 0. The minimum atomic E-state index is -0.313. The third-order valence-corrected chi connectivity index (χ3v) is 4.60. The van der Waals surface area contributed by atoms with E-state index in [9.17, 15) is 4.79 Å². The minimum absolute atomic E-state index is 0.0862. The Morgan fingerprint density at radius 2 is 2.43 bits per heavy atom. The first-order valence-corrected chi connectivity index (χ1v) is 7.64. The van der Waals surface area contributed by atoms with Gasteiger partial charge >= 0.3 is 6.09 Å². The number of ether oxygens (including phenoxy) is 1. The lowest BCUT2D eigenvalue weighted by molar-refractivity contribution is 0.109. The molecule has 0 aliphatic carbocycles. The molecule has 1 saturated heterocycles. The third-order valence-electron chi connectivity index (χ3n) is 3.26. The van der Waals surface area contributed by atoms with Crippen LogP contribution in [0.25, 0.3) is 0 Å². The summed E-state index contributed by atoms with van der Waals surface area (Å²) in [5, 5.41) is 0.466. The molecule has 1 aromatic rings. The second-order valence-corrected chi connectivity index (χ2v) is 5.91. The van der Waals surface area contributed by atoms with Crippen molar-refractivity contribution in [2.75, 3.05) is 25.9 Å². The fourth-order valence-electron chi connectivity index (χ4n) is 2.16. The molecule has 1 aromatic heterocycles. The number of nitrogens with two attached hydrogens (primary N) is 1. The molecule has 1 unspecified atom stereocenters. The normalized spacial score (nSPS) is 17.9. The number of rotatable bonds is 0. The molecule has 0 saturated carbocycles. The van der Waals surface area contributed by atoms with Gasteiger partial charge in [0.1, 0.15) is 5.82 Å². The van der Waals surface area contributed by atoms with Gasteiger partial charge in [-0.2, -0.15) is 0 Å². The minimum Gasteiger partial charge on any atom is -0.453 e. The van der Waals surface area contributed by atoms with E-state index in [-0.39, 0.29) is 12.0 Å². The quantitative estimate of drug-likeness (QED) is 0.711. The van der Waals surface area contributed by atoms with Gasteiger partial charge in [-0.05, 0) is 28.8 Å². The number of pyridine rings is 1. The van der Waals surface area contributed by atoms with Gasteiger partial charge in [-0.15, -0.1) is 0 Å². The van der Waals surface area contributed by atoms with E-state index >= 15 is 0 Å². The van der Waals surface area contributed by atoms with E-state index in [1.165, 1.54) is 13.3 Å². The van der Waals surface area contributed by atoms with E-state index in [0.717, 1.165) is 12.8 Å². The molecule has 2 N–H and O–H groups in total. The van der Waals surface area contributed by atoms with Crippen LogP contribution in [-0.2, 0) is 4.74 Å². The third kappa shape index (κ3) is 3.80. The molecular formula is C14H15BrClN3O2. The number of piperidine rings is 1. The summed E-state index contributed by atoms with van der Waals surface area (Å²) in [4.78, 5) is 17.2. The maximum atomic E-state index is 11.5. The van der Waals surface area contributed by atoms with E-state index in [2.05, 4.69) is 32.8 Å². The molecule has 1 aliphatic rings. The topological polar surface area (TPSA) is 68.5 Å². The van der Waals surface area contributed by atoms with Crippen molar-refractivity contribution in [3.8, 4) is 11.8 Å². The Morgan fingerprint density at radius 3 is 3.14 bits per heavy atom. The van der Waals surface area contributed by atoms with Crippen LogP contribution < -0.4 is 5.73 Å². The molecule has 1 fully saturated rings. The summed E-state index contributed by atoms with van der Waals surface area (Å²) in [6.07, 6.45) is 3.00. The van der Waals surface area contributed by atoms with Gasteiger partial charge in [0.25, 0.3) is 0 Å². The van der Waals surface area contributed by atoms with Crippen LogP contribution in [0.4, 0.5) is 10.6 Å². The van der Waals surface area contributed by atoms with Crippen molar-refractivity contribution in [2.24, 2.45) is 5.92 Å². The predicted octanol–water partition coefficient (Wildman–Crippen LogP) is 2.91. The van der Waals surface area contributed by atoms with Gasteiger partial charge in [0, 0.05) is 25.2 Å². The maximum absolute atomic E-state index is 11.5. The molecule has 2 rings (SSSR count). The van der Waals surface area contributed by atoms with E-state index in [0.29, 0.717) is 34.0 Å². The Labute approximate surface area is 136 Å². The van der Waals surface area contributed by atoms with Gasteiger partial charge in [-0.1, -0.05) is 23.4 Å². The Kier molecular flexibility index (Phi) is 5.32. The first-order valence-electron chi connectivity index (χ1n) is 6.46. The van der Waals surface area contributed by atoms with Gasteiger partial charge in [-0.3, -0.25) is 0 Å². The van der Waals surface area contributed by atoms with E-state index in [1.807, 2.05) is 0 Å². The van der Waals surface area contributed by atoms with Crippen LogP contribution >= 0.6 is 27.5 Å². The molecule has 1 atom stereocenters. The molecular weight excluding hydrogens is 358 g/mol.